The fourth-order valence-corrected chi connectivity index (χ4v) is 13.5. The van der Waals surface area contributed by atoms with Gasteiger partial charge in [-0.3, -0.25) is 76.4 Å². The summed E-state index contributed by atoms with van der Waals surface area (Å²) in [7, 11) is -5.39. The molecule has 102 heavy (non-hydrogen) atoms. The molecule has 4 aliphatic heterocycles. The molecule has 4 fully saturated rings. The van der Waals surface area contributed by atoms with Gasteiger partial charge in [-0.05, 0) is 82.1 Å². The van der Waals surface area contributed by atoms with Crippen LogP contribution in [-0.4, -0.2) is 267 Å². The van der Waals surface area contributed by atoms with E-state index in [-0.39, 0.29) is 87.4 Å². The van der Waals surface area contributed by atoms with Gasteiger partial charge in [-0.25, -0.2) is 9.36 Å². The molecule has 0 spiro atoms. The number of rotatable bonds is 43. The third kappa shape index (κ3) is 27.5. The molecule has 4 heterocycles. The summed E-state index contributed by atoms with van der Waals surface area (Å²) in [4.78, 5) is 232. The number of phosphoric acid groups is 1. The summed E-state index contributed by atoms with van der Waals surface area (Å²) in [6.07, 6.45) is 2.92. The van der Waals surface area contributed by atoms with Crippen molar-refractivity contribution < 1.29 is 106 Å². The van der Waals surface area contributed by atoms with Crippen LogP contribution in [0.1, 0.15) is 119 Å². The number of nitrogens with one attached hydrogen (secondary N) is 13. The number of unbranched alkanes of at least 4 members (excludes halogenated alkanes) is 2. The Balaban J connectivity index is 1.31. The molecule has 17 amide bonds. The van der Waals surface area contributed by atoms with Gasteiger partial charge in [0, 0.05) is 30.5 Å². The van der Waals surface area contributed by atoms with Crippen LogP contribution in [0.2, 0.25) is 0 Å². The number of fused-ring (bicyclic) bond motifs is 1. The third-order valence-electron chi connectivity index (χ3n) is 17.1. The Kier molecular flexibility index (Phi) is 35.2. The maximum atomic E-state index is 14.4. The Morgan fingerprint density at radius 3 is 1.70 bits per heavy atom. The Hall–Kier alpha value is -8.34. The molecule has 4 saturated heterocycles. The summed E-state index contributed by atoms with van der Waals surface area (Å²) in [5, 5.41) is 52.5. The number of thioether (sulfide) groups is 1. The van der Waals surface area contributed by atoms with Crippen molar-refractivity contribution in [3.8, 4) is 0 Å². The summed E-state index contributed by atoms with van der Waals surface area (Å²) in [5.41, 5.74) is 16.2. The van der Waals surface area contributed by atoms with E-state index in [9.17, 15) is 101 Å². The zero-order valence-electron chi connectivity index (χ0n) is 57.9. The van der Waals surface area contributed by atoms with Crippen LogP contribution >= 0.6 is 19.6 Å². The molecule has 42 heteroatoms. The minimum atomic E-state index is -5.39. The second-order valence-corrected chi connectivity index (χ2v) is 28.7. The van der Waals surface area contributed by atoms with Gasteiger partial charge in [0.25, 0.3) is 0 Å². The van der Waals surface area contributed by atoms with E-state index in [1.165, 1.54) is 18.7 Å². The number of aliphatic hydroxyl groups is 2. The largest absolute Gasteiger partial charge is 0.469 e. The highest BCUT2D eigenvalue weighted by Crippen LogP contribution is 2.36. The number of hydrogen-bond donors (Lipinski definition) is 20. The number of primary amides is 2. The van der Waals surface area contributed by atoms with E-state index in [4.69, 9.17) is 17.2 Å². The van der Waals surface area contributed by atoms with Gasteiger partial charge in [0.05, 0.1) is 58.0 Å². The number of aliphatic hydroxyl groups excluding tert-OH is 2. The molecule has 0 aromatic carbocycles. The highest BCUT2D eigenvalue weighted by molar-refractivity contribution is 8.00. The number of carbonyl (C=O) groups excluding carboxylic acids is 16. The summed E-state index contributed by atoms with van der Waals surface area (Å²) < 4.78 is 16.5. The van der Waals surface area contributed by atoms with Gasteiger partial charge < -0.3 is 116 Å². The van der Waals surface area contributed by atoms with Gasteiger partial charge in [0.15, 0.2) is 0 Å². The lowest BCUT2D eigenvalue weighted by atomic mass is 10.0. The second kappa shape index (κ2) is 41.7. The zero-order valence-corrected chi connectivity index (χ0v) is 59.6. The minimum Gasteiger partial charge on any atom is -0.394 e. The van der Waals surface area contributed by atoms with Gasteiger partial charge in [-0.1, -0.05) is 48.0 Å². The molecule has 574 valence electrons. The average Bonchev–Trinajstić information content (AvgIpc) is 1.63. The highest BCUT2D eigenvalue weighted by Gasteiger charge is 2.46. The van der Waals surface area contributed by atoms with Crippen LogP contribution < -0.4 is 86.3 Å². The molecular weight excluding hydrogens is 1390 g/mol. The van der Waals surface area contributed by atoms with Crippen molar-refractivity contribution in [2.24, 2.45) is 35.0 Å². The molecule has 0 aromatic rings. The van der Waals surface area contributed by atoms with Gasteiger partial charge in [-0.2, -0.15) is 11.8 Å². The molecule has 4 aliphatic rings. The van der Waals surface area contributed by atoms with Crippen LogP contribution in [0.25, 0.3) is 0 Å². The smallest absolute Gasteiger partial charge is 0.394 e. The van der Waals surface area contributed by atoms with E-state index in [0.717, 1.165) is 23.5 Å². The number of hydrogen-bond acceptors (Lipinski definition) is 22. The monoisotopic (exact) mass is 1490 g/mol. The average molecular weight is 1490 g/mol. The number of phosphoric ester groups is 1. The minimum absolute atomic E-state index is 0.000640. The topological polar surface area (TPSA) is 621 Å². The van der Waals surface area contributed by atoms with Crippen LogP contribution in [0.15, 0.2) is 0 Å². The molecule has 0 unspecified atom stereocenters. The fourth-order valence-electron chi connectivity index (χ4n) is 11.6. The van der Waals surface area contributed by atoms with Gasteiger partial charge >= 0.3 is 13.9 Å². The van der Waals surface area contributed by atoms with Crippen LogP contribution in [0.4, 0.5) is 4.79 Å². The van der Waals surface area contributed by atoms with E-state index in [1.807, 2.05) is 0 Å². The highest BCUT2D eigenvalue weighted by atomic mass is 32.2. The van der Waals surface area contributed by atoms with Gasteiger partial charge in [0.1, 0.15) is 60.4 Å². The maximum Gasteiger partial charge on any atom is 0.469 e. The molecule has 23 N–H and O–H groups in total. The number of urea groups is 1. The molecule has 4 rings (SSSR count). The number of nitrogens with zero attached hydrogens (tertiary/aromatic N) is 2. The summed E-state index contributed by atoms with van der Waals surface area (Å²) in [5.74, 6) is -14.9. The normalized spacial score (nSPS) is 20.1. The maximum absolute atomic E-state index is 14.4. The zero-order chi connectivity index (χ0) is 76.3. The molecule has 0 saturated carbocycles. The van der Waals surface area contributed by atoms with Crippen molar-refractivity contribution in [2.45, 2.75) is 196 Å². The predicted octanol–water partition coefficient (Wildman–Crippen LogP) is -8.53. The van der Waals surface area contributed by atoms with E-state index in [2.05, 4.69) is 73.6 Å². The molecule has 40 nitrogen and oxygen atoms in total. The Labute approximate surface area is 592 Å². The third-order valence-corrected chi connectivity index (χ3v) is 19.1. The van der Waals surface area contributed by atoms with Crippen molar-refractivity contribution in [1.82, 2.24) is 78.9 Å². The Morgan fingerprint density at radius 1 is 0.578 bits per heavy atom. The van der Waals surface area contributed by atoms with Gasteiger partial charge in [-0.15, -0.1) is 0 Å². The summed E-state index contributed by atoms with van der Waals surface area (Å²) in [6.45, 7) is 4.00. The van der Waals surface area contributed by atoms with Crippen molar-refractivity contribution >= 4 is 114 Å². The van der Waals surface area contributed by atoms with Crippen LogP contribution in [-0.2, 0) is 81.0 Å². The molecule has 13 atom stereocenters. The predicted molar refractivity (Wildman–Crippen MR) is 360 cm³/mol. The SMILES string of the molecule is CC(C)[C@H](NC(=O)CNC(=O)CNC(=O)CCCC[C@@H]1SC[C@@H]2NC(=O)N[C@@H]21)C(=O)N[C@@H](CO)C(=O)N[C@H](C(=O)NCC(=O)N[C@@H](CO)C(=O)N[C@@H](COP(=O)(O)O)C(=O)N1CCC[C@H]1C(=O)N1CCC[C@H]1C(=O)N[C@H](C(=O)N[C@@H](CCCCN)C(=O)N[C@@H](CC(N)=O)C(N)=O)C(C)C)C(C)C. The van der Waals surface area contributed by atoms with Crippen LogP contribution in [0.3, 0.4) is 0 Å². The van der Waals surface area contributed by atoms with E-state index >= 15 is 0 Å². The molecule has 0 aromatic heterocycles. The molecule has 0 radical (unpaired) electrons. The number of carbonyl (C=O) groups is 16. The standard InChI is InChI=1S/C60H101N18O22PS/c1-29(2)46(74-53(89)35(26-80)70-56(92)47(30(3)4)73-45(85)23-65-43(83)22-64-42(82)17-8-7-16-40-49-37(28-102-40)72-60(96)76-49)55(91)66-24-44(84)67-34(25-79)52(88)71-36(27-100-101(97,98)99)58(94)78-20-12-15-39(78)59(95)77-19-11-14-38(77)54(90)75-48(31(5)6)57(93)68-32(13-9-10-18-61)51(87)69-33(50(63)86)21-41(62)81/h29-40,46-49,79-80H,7-28,61H2,1-6H3,(H2,62,81)(H2,63,86)(H,64,82)(H,65,83)(H,66,91)(H,67,84)(H,68,93)(H,69,87)(H,70,92)(H,71,88)(H,73,85)(H,74,89)(H,75,90)(H2,72,76,96)(H2,97,98,99)/t32-,33-,34-,35-,36-,37-,38-,39-,40-,46-,47-,48-,49-/m0/s1. The number of amides is 17. The quantitative estimate of drug-likeness (QED) is 0.0153. The van der Waals surface area contributed by atoms with Crippen molar-refractivity contribution in [1.29, 1.82) is 0 Å². The Morgan fingerprint density at radius 2 is 1.10 bits per heavy atom. The lowest BCUT2D eigenvalue weighted by Crippen LogP contribution is -2.61. The fraction of sp³-hybridized carbons (Fsp3) is 0.733. The lowest BCUT2D eigenvalue weighted by Gasteiger charge is -2.34. The molecule has 0 bridgehead atoms. The van der Waals surface area contributed by atoms with Crippen molar-refractivity contribution in [3.05, 3.63) is 0 Å². The van der Waals surface area contributed by atoms with E-state index in [1.54, 1.807) is 39.5 Å². The van der Waals surface area contributed by atoms with Crippen LogP contribution in [0.5, 0.6) is 0 Å². The lowest BCUT2D eigenvalue weighted by molar-refractivity contribution is -0.148. The first-order chi connectivity index (χ1) is 48.0. The first kappa shape index (κ1) is 86.1. The van der Waals surface area contributed by atoms with Crippen molar-refractivity contribution in [3.63, 3.8) is 0 Å². The summed E-state index contributed by atoms with van der Waals surface area (Å²) in [6, 6.07) is -15.1. The van der Waals surface area contributed by atoms with E-state index in [0.29, 0.717) is 19.3 Å². The number of likely N-dealkylation sites (tertiary alicyclic amines) is 2. The Bertz CT molecular complexity index is 3070. The second-order valence-electron chi connectivity index (χ2n) is 26.1. The first-order valence-electron chi connectivity index (χ1n) is 33.7. The first-order valence-corrected chi connectivity index (χ1v) is 36.3. The van der Waals surface area contributed by atoms with E-state index < -0.39 is 215 Å². The summed E-state index contributed by atoms with van der Waals surface area (Å²) >= 11 is 1.76. The van der Waals surface area contributed by atoms with Crippen molar-refractivity contribution in [2.75, 3.05) is 64.8 Å². The number of nitrogens with two attached hydrogens (primary N) is 3. The molecular formula is C60H101N18O22PS. The van der Waals surface area contributed by atoms with Gasteiger partial charge in [0.2, 0.25) is 88.6 Å². The van der Waals surface area contributed by atoms with Crippen LogP contribution in [0, 0.1) is 17.8 Å². The molecule has 0 aliphatic carbocycles.